The van der Waals surface area contributed by atoms with E-state index in [1.807, 2.05) is 0 Å². The van der Waals surface area contributed by atoms with Gasteiger partial charge in [0, 0.05) is 13.1 Å². The Morgan fingerprint density at radius 1 is 1.56 bits per heavy atom. The molecule has 0 bridgehead atoms. The summed E-state index contributed by atoms with van der Waals surface area (Å²) in [5.74, 6) is 0.557. The van der Waals surface area contributed by atoms with Crippen LogP contribution in [0.25, 0.3) is 0 Å². The van der Waals surface area contributed by atoms with Crippen LogP contribution in [0.1, 0.15) is 55.9 Å². The molecule has 0 spiro atoms. The van der Waals surface area contributed by atoms with Crippen LogP contribution in [0.2, 0.25) is 0 Å². The van der Waals surface area contributed by atoms with Gasteiger partial charge in [0.1, 0.15) is 0 Å². The monoisotopic (exact) mass is 250 g/mol. The van der Waals surface area contributed by atoms with Crippen molar-refractivity contribution in [1.82, 2.24) is 20.3 Å². The number of aryl methyl sites for hydroxylation is 1. The van der Waals surface area contributed by atoms with Crippen molar-refractivity contribution in [3.8, 4) is 0 Å². The summed E-state index contributed by atoms with van der Waals surface area (Å²) in [6.45, 7) is 2.21. The van der Waals surface area contributed by atoms with E-state index in [2.05, 4.69) is 22.6 Å². The van der Waals surface area contributed by atoms with E-state index in [1.54, 1.807) is 17.9 Å². The Morgan fingerprint density at radius 2 is 2.39 bits per heavy atom. The van der Waals surface area contributed by atoms with Gasteiger partial charge >= 0.3 is 0 Å². The molecule has 5 nitrogen and oxygen atoms in total. The number of rotatable bonds is 5. The lowest BCUT2D eigenvalue weighted by molar-refractivity contribution is 0.0921. The van der Waals surface area contributed by atoms with Gasteiger partial charge in [0.05, 0.1) is 6.20 Å². The maximum absolute atomic E-state index is 12.0. The summed E-state index contributed by atoms with van der Waals surface area (Å²) in [7, 11) is 1.77. The zero-order valence-electron chi connectivity index (χ0n) is 11.2. The predicted molar refractivity (Wildman–Crippen MR) is 69.1 cm³/mol. The molecule has 2 rings (SSSR count). The van der Waals surface area contributed by atoms with E-state index < -0.39 is 0 Å². The van der Waals surface area contributed by atoms with Gasteiger partial charge in [-0.2, -0.15) is 0 Å². The molecule has 1 fully saturated rings. The number of nitrogens with zero attached hydrogens (tertiary/aromatic N) is 3. The molecule has 1 aromatic rings. The lowest BCUT2D eigenvalue weighted by Crippen LogP contribution is -2.37. The second kappa shape index (κ2) is 5.98. The topological polar surface area (TPSA) is 59.8 Å². The normalized spacial score (nSPS) is 23.2. The smallest absolute Gasteiger partial charge is 0.273 e. The first-order chi connectivity index (χ1) is 8.70. The maximum Gasteiger partial charge on any atom is 0.273 e. The van der Waals surface area contributed by atoms with Gasteiger partial charge in [-0.05, 0) is 25.2 Å². The van der Waals surface area contributed by atoms with Crippen molar-refractivity contribution in [3.05, 3.63) is 11.9 Å². The zero-order valence-corrected chi connectivity index (χ0v) is 11.2. The SMILES string of the molecule is CCCC[C@H]1CCC[C@H]1NC(=O)c1cn(C)nn1. The van der Waals surface area contributed by atoms with Gasteiger partial charge in [-0.15, -0.1) is 5.10 Å². The number of nitrogens with one attached hydrogen (secondary N) is 1. The first-order valence-electron chi connectivity index (χ1n) is 6.88. The van der Waals surface area contributed by atoms with Crippen molar-refractivity contribution in [2.75, 3.05) is 0 Å². The number of carbonyl (C=O) groups excluding carboxylic acids is 1. The number of hydrogen-bond donors (Lipinski definition) is 1. The first kappa shape index (κ1) is 13.1. The molecule has 2 atom stereocenters. The highest BCUT2D eigenvalue weighted by Gasteiger charge is 2.28. The third-order valence-electron chi connectivity index (χ3n) is 3.74. The van der Waals surface area contributed by atoms with Gasteiger partial charge in [0.15, 0.2) is 5.69 Å². The van der Waals surface area contributed by atoms with Crippen molar-refractivity contribution in [1.29, 1.82) is 0 Å². The zero-order chi connectivity index (χ0) is 13.0. The maximum atomic E-state index is 12.0. The van der Waals surface area contributed by atoms with Crippen LogP contribution in [0.15, 0.2) is 6.20 Å². The molecule has 1 heterocycles. The van der Waals surface area contributed by atoms with Crippen LogP contribution in [0.3, 0.4) is 0 Å². The highest BCUT2D eigenvalue weighted by Crippen LogP contribution is 2.29. The standard InChI is InChI=1S/C13H22N4O/c1-3-4-6-10-7-5-8-11(10)14-13(18)12-9-17(2)16-15-12/h9-11H,3-8H2,1-2H3,(H,14,18)/t10-,11+/m0/s1. The summed E-state index contributed by atoms with van der Waals surface area (Å²) in [4.78, 5) is 12.0. The Bertz CT molecular complexity index is 401. The molecule has 100 valence electrons. The Morgan fingerprint density at radius 3 is 3.06 bits per heavy atom. The van der Waals surface area contributed by atoms with Gasteiger partial charge in [0.25, 0.3) is 5.91 Å². The summed E-state index contributed by atoms with van der Waals surface area (Å²) >= 11 is 0. The van der Waals surface area contributed by atoms with Crippen molar-refractivity contribution >= 4 is 5.91 Å². The van der Waals surface area contributed by atoms with Gasteiger partial charge in [-0.1, -0.05) is 31.4 Å². The Kier molecular flexibility index (Phi) is 4.33. The van der Waals surface area contributed by atoms with Crippen LogP contribution in [0.5, 0.6) is 0 Å². The number of aromatic nitrogens is 3. The molecule has 1 aliphatic carbocycles. The lowest BCUT2D eigenvalue weighted by Gasteiger charge is -2.20. The van der Waals surface area contributed by atoms with E-state index >= 15 is 0 Å². The first-order valence-corrected chi connectivity index (χ1v) is 6.88. The number of unbranched alkanes of at least 4 members (excludes halogenated alkanes) is 1. The predicted octanol–water partition coefficient (Wildman–Crippen LogP) is 1.90. The molecule has 0 aromatic carbocycles. The Labute approximate surface area is 108 Å². The summed E-state index contributed by atoms with van der Waals surface area (Å²) in [5.41, 5.74) is 0.415. The molecule has 1 N–H and O–H groups in total. The van der Waals surface area contributed by atoms with Crippen molar-refractivity contribution < 1.29 is 4.79 Å². The molecule has 1 aliphatic rings. The summed E-state index contributed by atoms with van der Waals surface area (Å²) in [5, 5.41) is 10.7. The average Bonchev–Trinajstić information content (AvgIpc) is 2.96. The van der Waals surface area contributed by atoms with Crippen molar-refractivity contribution in [2.24, 2.45) is 13.0 Å². The van der Waals surface area contributed by atoms with E-state index in [1.165, 1.54) is 32.1 Å². The fraction of sp³-hybridized carbons (Fsp3) is 0.769. The van der Waals surface area contributed by atoms with E-state index in [-0.39, 0.29) is 5.91 Å². The van der Waals surface area contributed by atoms with Crippen LogP contribution >= 0.6 is 0 Å². The largest absolute Gasteiger partial charge is 0.348 e. The van der Waals surface area contributed by atoms with Crippen molar-refractivity contribution in [3.63, 3.8) is 0 Å². The van der Waals surface area contributed by atoms with E-state index in [4.69, 9.17) is 0 Å². The van der Waals surface area contributed by atoms with E-state index in [0.717, 1.165) is 6.42 Å². The van der Waals surface area contributed by atoms with Crippen LogP contribution in [-0.4, -0.2) is 26.9 Å². The molecular formula is C13H22N4O. The minimum absolute atomic E-state index is 0.0866. The van der Waals surface area contributed by atoms with Crippen molar-refractivity contribution in [2.45, 2.75) is 51.5 Å². The molecule has 0 aliphatic heterocycles. The fourth-order valence-electron chi connectivity index (χ4n) is 2.73. The van der Waals surface area contributed by atoms with Gasteiger partial charge < -0.3 is 5.32 Å². The number of amides is 1. The van der Waals surface area contributed by atoms with Crippen LogP contribution in [-0.2, 0) is 7.05 Å². The van der Waals surface area contributed by atoms with Crippen LogP contribution < -0.4 is 5.32 Å². The third-order valence-corrected chi connectivity index (χ3v) is 3.74. The average molecular weight is 250 g/mol. The Hall–Kier alpha value is -1.39. The lowest BCUT2D eigenvalue weighted by atomic mass is 9.97. The molecule has 1 amide bonds. The molecule has 5 heteroatoms. The molecular weight excluding hydrogens is 228 g/mol. The Balaban J connectivity index is 1.90. The van der Waals surface area contributed by atoms with Crippen LogP contribution in [0.4, 0.5) is 0 Å². The molecule has 1 aromatic heterocycles. The molecule has 0 saturated heterocycles. The second-order valence-electron chi connectivity index (χ2n) is 5.19. The highest BCUT2D eigenvalue weighted by atomic mass is 16.2. The summed E-state index contributed by atoms with van der Waals surface area (Å²) < 4.78 is 1.55. The number of hydrogen-bond acceptors (Lipinski definition) is 3. The fourth-order valence-corrected chi connectivity index (χ4v) is 2.73. The quantitative estimate of drug-likeness (QED) is 0.868. The van der Waals surface area contributed by atoms with E-state index in [9.17, 15) is 4.79 Å². The molecule has 0 unspecified atom stereocenters. The van der Waals surface area contributed by atoms with Crippen LogP contribution in [0, 0.1) is 5.92 Å². The van der Waals surface area contributed by atoms with E-state index in [0.29, 0.717) is 17.7 Å². The second-order valence-corrected chi connectivity index (χ2v) is 5.19. The minimum atomic E-state index is -0.0866. The van der Waals surface area contributed by atoms with Gasteiger partial charge in [0.2, 0.25) is 0 Å². The van der Waals surface area contributed by atoms with Gasteiger partial charge in [-0.3, -0.25) is 9.48 Å². The molecule has 18 heavy (non-hydrogen) atoms. The third kappa shape index (κ3) is 3.09. The minimum Gasteiger partial charge on any atom is -0.348 e. The molecule has 1 saturated carbocycles. The summed E-state index contributed by atoms with van der Waals surface area (Å²) in [6, 6.07) is 0.325. The highest BCUT2D eigenvalue weighted by molar-refractivity contribution is 5.92. The van der Waals surface area contributed by atoms with Gasteiger partial charge in [-0.25, -0.2) is 0 Å². The number of carbonyl (C=O) groups is 1. The summed E-state index contributed by atoms with van der Waals surface area (Å²) in [6.07, 6.45) is 8.92. The molecule has 0 radical (unpaired) electrons.